The van der Waals surface area contributed by atoms with Crippen LogP contribution >= 0.6 is 15.9 Å². The SMILES string of the molecule is CC(CCBr)OC(=O)c1ccc[nH]1. The molecule has 0 aliphatic heterocycles. The molecule has 3 nitrogen and oxygen atoms in total. The Hall–Kier alpha value is -0.770. The highest BCUT2D eigenvalue weighted by Crippen LogP contribution is 2.05. The smallest absolute Gasteiger partial charge is 0.354 e. The minimum atomic E-state index is -0.293. The zero-order chi connectivity index (χ0) is 9.68. The van der Waals surface area contributed by atoms with Gasteiger partial charge in [-0.3, -0.25) is 0 Å². The molecule has 1 rings (SSSR count). The molecule has 0 fully saturated rings. The molecule has 0 saturated carbocycles. The average molecular weight is 246 g/mol. The quantitative estimate of drug-likeness (QED) is 0.654. The van der Waals surface area contributed by atoms with Crippen molar-refractivity contribution in [3.8, 4) is 0 Å². The Morgan fingerprint density at radius 1 is 1.77 bits per heavy atom. The van der Waals surface area contributed by atoms with Gasteiger partial charge in [0.2, 0.25) is 0 Å². The number of aromatic amines is 1. The minimum absolute atomic E-state index is 0.0461. The van der Waals surface area contributed by atoms with E-state index in [2.05, 4.69) is 20.9 Å². The normalized spacial score (nSPS) is 12.5. The van der Waals surface area contributed by atoms with Crippen LogP contribution in [0.1, 0.15) is 23.8 Å². The van der Waals surface area contributed by atoms with E-state index in [-0.39, 0.29) is 12.1 Å². The first kappa shape index (κ1) is 10.3. The summed E-state index contributed by atoms with van der Waals surface area (Å²) in [7, 11) is 0. The number of nitrogens with one attached hydrogen (secondary N) is 1. The largest absolute Gasteiger partial charge is 0.458 e. The molecule has 0 saturated heterocycles. The molecule has 1 aromatic rings. The maximum atomic E-state index is 11.3. The topological polar surface area (TPSA) is 42.1 Å². The molecule has 1 unspecified atom stereocenters. The summed E-state index contributed by atoms with van der Waals surface area (Å²) in [6.45, 7) is 1.88. The van der Waals surface area contributed by atoms with Crippen LogP contribution in [0.2, 0.25) is 0 Å². The van der Waals surface area contributed by atoms with Gasteiger partial charge in [-0.05, 0) is 25.5 Å². The Morgan fingerprint density at radius 2 is 2.54 bits per heavy atom. The van der Waals surface area contributed by atoms with E-state index < -0.39 is 0 Å². The van der Waals surface area contributed by atoms with Crippen molar-refractivity contribution in [2.24, 2.45) is 0 Å². The number of aromatic nitrogens is 1. The van der Waals surface area contributed by atoms with Crippen LogP contribution in [0, 0.1) is 0 Å². The number of hydrogen-bond donors (Lipinski definition) is 1. The van der Waals surface area contributed by atoms with Crippen LogP contribution in [0.5, 0.6) is 0 Å². The third-order valence-electron chi connectivity index (χ3n) is 1.64. The zero-order valence-corrected chi connectivity index (χ0v) is 9.00. The van der Waals surface area contributed by atoms with Crippen molar-refractivity contribution in [3.63, 3.8) is 0 Å². The summed E-state index contributed by atoms with van der Waals surface area (Å²) in [4.78, 5) is 14.1. The van der Waals surface area contributed by atoms with Crippen molar-refractivity contribution in [3.05, 3.63) is 24.0 Å². The lowest BCUT2D eigenvalue weighted by atomic mass is 10.3. The van der Waals surface area contributed by atoms with E-state index >= 15 is 0 Å². The monoisotopic (exact) mass is 245 g/mol. The molecule has 1 heterocycles. The molecule has 0 spiro atoms. The fourth-order valence-corrected chi connectivity index (χ4v) is 1.56. The van der Waals surface area contributed by atoms with Gasteiger partial charge in [-0.1, -0.05) is 15.9 Å². The number of esters is 1. The van der Waals surface area contributed by atoms with Crippen molar-refractivity contribution in [1.82, 2.24) is 4.98 Å². The molecule has 0 amide bonds. The summed E-state index contributed by atoms with van der Waals surface area (Å²) in [5.41, 5.74) is 0.501. The van der Waals surface area contributed by atoms with E-state index in [0.717, 1.165) is 11.8 Å². The van der Waals surface area contributed by atoms with E-state index in [1.165, 1.54) is 0 Å². The molecule has 1 aromatic heterocycles. The second-order valence-electron chi connectivity index (χ2n) is 2.78. The van der Waals surface area contributed by atoms with Crippen LogP contribution in [0.15, 0.2) is 18.3 Å². The molecule has 0 bridgehead atoms. The highest BCUT2D eigenvalue weighted by molar-refractivity contribution is 9.09. The van der Waals surface area contributed by atoms with E-state index in [1.807, 2.05) is 6.92 Å². The van der Waals surface area contributed by atoms with Crippen molar-refractivity contribution < 1.29 is 9.53 Å². The molecule has 72 valence electrons. The summed E-state index contributed by atoms with van der Waals surface area (Å²) in [6, 6.07) is 3.47. The fraction of sp³-hybridized carbons (Fsp3) is 0.444. The van der Waals surface area contributed by atoms with Crippen LogP contribution < -0.4 is 0 Å². The third-order valence-corrected chi connectivity index (χ3v) is 2.10. The molecule has 0 aliphatic rings. The number of carbonyl (C=O) groups excluding carboxylic acids is 1. The van der Waals surface area contributed by atoms with E-state index in [0.29, 0.717) is 5.69 Å². The number of carbonyl (C=O) groups is 1. The maximum absolute atomic E-state index is 11.3. The Morgan fingerprint density at radius 3 is 3.08 bits per heavy atom. The van der Waals surface area contributed by atoms with Crippen LogP contribution in [0.4, 0.5) is 0 Å². The van der Waals surface area contributed by atoms with Crippen molar-refractivity contribution in [1.29, 1.82) is 0 Å². The molecule has 13 heavy (non-hydrogen) atoms. The third kappa shape index (κ3) is 3.22. The van der Waals surface area contributed by atoms with Crippen LogP contribution in [-0.4, -0.2) is 22.4 Å². The Kier molecular flexibility index (Phi) is 4.02. The molecule has 1 N–H and O–H groups in total. The lowest BCUT2D eigenvalue weighted by molar-refractivity contribution is 0.0331. The number of halogens is 1. The highest BCUT2D eigenvalue weighted by atomic mass is 79.9. The van der Waals surface area contributed by atoms with Crippen LogP contribution in [0.3, 0.4) is 0 Å². The number of rotatable bonds is 4. The summed E-state index contributed by atoms with van der Waals surface area (Å²) in [5.74, 6) is -0.293. The molecular weight excluding hydrogens is 234 g/mol. The second-order valence-corrected chi connectivity index (χ2v) is 3.57. The van der Waals surface area contributed by atoms with Gasteiger partial charge in [0.05, 0.1) is 0 Å². The molecular formula is C9H12BrNO2. The van der Waals surface area contributed by atoms with Gasteiger partial charge in [0.15, 0.2) is 0 Å². The van der Waals surface area contributed by atoms with Gasteiger partial charge in [0, 0.05) is 11.5 Å². The maximum Gasteiger partial charge on any atom is 0.354 e. The molecule has 1 atom stereocenters. The van der Waals surface area contributed by atoms with E-state index in [9.17, 15) is 4.79 Å². The predicted octanol–water partition coefficient (Wildman–Crippen LogP) is 2.34. The first-order valence-corrected chi connectivity index (χ1v) is 5.26. The first-order valence-electron chi connectivity index (χ1n) is 4.14. The summed E-state index contributed by atoms with van der Waals surface area (Å²) in [5, 5.41) is 0.839. The van der Waals surface area contributed by atoms with Gasteiger partial charge in [0.25, 0.3) is 0 Å². The predicted molar refractivity (Wildman–Crippen MR) is 54.1 cm³/mol. The fourth-order valence-electron chi connectivity index (χ4n) is 0.916. The zero-order valence-electron chi connectivity index (χ0n) is 7.42. The van der Waals surface area contributed by atoms with Crippen molar-refractivity contribution in [2.45, 2.75) is 19.4 Å². The van der Waals surface area contributed by atoms with Crippen molar-refractivity contribution >= 4 is 21.9 Å². The van der Waals surface area contributed by atoms with Gasteiger partial charge in [0.1, 0.15) is 11.8 Å². The molecule has 0 aliphatic carbocycles. The standard InChI is InChI=1S/C9H12BrNO2/c1-7(4-5-10)13-9(12)8-3-2-6-11-8/h2-3,6-7,11H,4-5H2,1H3. The molecule has 4 heteroatoms. The molecule has 0 radical (unpaired) electrons. The Bertz CT molecular complexity index is 259. The van der Waals surface area contributed by atoms with E-state index in [1.54, 1.807) is 18.3 Å². The van der Waals surface area contributed by atoms with Gasteiger partial charge in [-0.25, -0.2) is 4.79 Å². The van der Waals surface area contributed by atoms with Crippen LogP contribution in [-0.2, 0) is 4.74 Å². The molecule has 0 aromatic carbocycles. The van der Waals surface area contributed by atoms with Crippen molar-refractivity contribution in [2.75, 3.05) is 5.33 Å². The second kappa shape index (κ2) is 5.07. The first-order chi connectivity index (χ1) is 6.24. The summed E-state index contributed by atoms with van der Waals surface area (Å²) >= 11 is 3.29. The van der Waals surface area contributed by atoms with Gasteiger partial charge < -0.3 is 9.72 Å². The number of H-pyrrole nitrogens is 1. The number of hydrogen-bond acceptors (Lipinski definition) is 2. The van der Waals surface area contributed by atoms with Crippen LogP contribution in [0.25, 0.3) is 0 Å². The van der Waals surface area contributed by atoms with Gasteiger partial charge >= 0.3 is 5.97 Å². The average Bonchev–Trinajstić information content (AvgIpc) is 2.55. The number of ether oxygens (including phenoxy) is 1. The highest BCUT2D eigenvalue weighted by Gasteiger charge is 2.11. The van der Waals surface area contributed by atoms with E-state index in [4.69, 9.17) is 4.74 Å². The van der Waals surface area contributed by atoms with Gasteiger partial charge in [-0.2, -0.15) is 0 Å². The Balaban J connectivity index is 2.42. The minimum Gasteiger partial charge on any atom is -0.458 e. The lowest BCUT2D eigenvalue weighted by Gasteiger charge is -2.10. The lowest BCUT2D eigenvalue weighted by Crippen LogP contribution is -2.15. The number of alkyl halides is 1. The Labute approximate surface area is 85.6 Å². The summed E-state index contributed by atoms with van der Waals surface area (Å²) in [6.07, 6.45) is 2.48. The van der Waals surface area contributed by atoms with Gasteiger partial charge in [-0.15, -0.1) is 0 Å². The summed E-state index contributed by atoms with van der Waals surface area (Å²) < 4.78 is 5.13.